The first-order valence-electron chi connectivity index (χ1n) is 10.00. The molecule has 0 radical (unpaired) electrons. The Morgan fingerprint density at radius 2 is 1.85 bits per heavy atom. The summed E-state index contributed by atoms with van der Waals surface area (Å²) in [6.07, 6.45) is 4.17. The Hall–Kier alpha value is -2.47. The third kappa shape index (κ3) is 4.11. The molecule has 2 aliphatic rings. The molecule has 2 saturated heterocycles. The van der Waals surface area contributed by atoms with E-state index in [-0.39, 0.29) is 5.91 Å². The second kappa shape index (κ2) is 8.05. The predicted octanol–water partition coefficient (Wildman–Crippen LogP) is 2.91. The van der Waals surface area contributed by atoms with E-state index in [1.165, 1.54) is 18.5 Å². The molecule has 6 heteroatoms. The van der Waals surface area contributed by atoms with Gasteiger partial charge in [-0.1, -0.05) is 6.92 Å². The number of nitrogens with one attached hydrogen (secondary N) is 3. The van der Waals surface area contributed by atoms with Gasteiger partial charge in [-0.2, -0.15) is 0 Å². The maximum absolute atomic E-state index is 12.6. The van der Waals surface area contributed by atoms with Gasteiger partial charge in [0.15, 0.2) is 0 Å². The molecule has 0 spiro atoms. The standard InChI is InChI=1S/C21H29N5O/c1-16-6-11-26(12-7-16)20-15-17(25-13-9-22-10-14-25)4-5-18(20)24-21(27)19-3-2-8-23-19/h2-5,8,15-16,22-23H,6-7,9-14H2,1H3,(H,24,27). The van der Waals surface area contributed by atoms with Crippen LogP contribution in [0.1, 0.15) is 30.3 Å². The molecule has 3 heterocycles. The number of aromatic amines is 1. The van der Waals surface area contributed by atoms with Crippen LogP contribution < -0.4 is 20.4 Å². The number of hydrogen-bond donors (Lipinski definition) is 3. The number of H-pyrrole nitrogens is 1. The predicted molar refractivity (Wildman–Crippen MR) is 111 cm³/mol. The average Bonchev–Trinajstić information content (AvgIpc) is 3.25. The van der Waals surface area contributed by atoms with Gasteiger partial charge in [0.1, 0.15) is 5.69 Å². The van der Waals surface area contributed by atoms with Crippen LogP contribution in [0.4, 0.5) is 17.1 Å². The zero-order valence-corrected chi connectivity index (χ0v) is 16.0. The van der Waals surface area contributed by atoms with Crippen molar-refractivity contribution in [3.8, 4) is 0 Å². The molecule has 0 unspecified atom stereocenters. The van der Waals surface area contributed by atoms with Crippen LogP contribution in [0.3, 0.4) is 0 Å². The van der Waals surface area contributed by atoms with Crippen LogP contribution in [-0.4, -0.2) is 50.2 Å². The number of carbonyl (C=O) groups is 1. The van der Waals surface area contributed by atoms with Gasteiger partial charge in [-0.3, -0.25) is 4.79 Å². The Labute approximate surface area is 160 Å². The highest BCUT2D eigenvalue weighted by molar-refractivity contribution is 6.05. The number of piperidine rings is 1. The summed E-state index contributed by atoms with van der Waals surface area (Å²) < 4.78 is 0. The molecule has 2 aliphatic heterocycles. The molecule has 2 aromatic rings. The van der Waals surface area contributed by atoms with Crippen molar-refractivity contribution in [3.05, 3.63) is 42.2 Å². The highest BCUT2D eigenvalue weighted by atomic mass is 16.1. The quantitative estimate of drug-likeness (QED) is 0.778. The number of piperazine rings is 1. The molecular weight excluding hydrogens is 338 g/mol. The lowest BCUT2D eigenvalue weighted by atomic mass is 9.98. The SMILES string of the molecule is CC1CCN(c2cc(N3CCNCC3)ccc2NC(=O)c2ccc[nH]2)CC1. The second-order valence-corrected chi connectivity index (χ2v) is 7.65. The van der Waals surface area contributed by atoms with E-state index in [0.717, 1.165) is 56.6 Å². The lowest BCUT2D eigenvalue weighted by Crippen LogP contribution is -2.43. The van der Waals surface area contributed by atoms with E-state index >= 15 is 0 Å². The second-order valence-electron chi connectivity index (χ2n) is 7.65. The average molecular weight is 367 g/mol. The summed E-state index contributed by atoms with van der Waals surface area (Å²) in [5.74, 6) is 0.677. The minimum atomic E-state index is -0.0958. The molecular formula is C21H29N5O. The molecule has 1 aromatic carbocycles. The molecule has 4 rings (SSSR count). The van der Waals surface area contributed by atoms with Crippen LogP contribution in [0.15, 0.2) is 36.5 Å². The highest BCUT2D eigenvalue weighted by Crippen LogP contribution is 2.34. The van der Waals surface area contributed by atoms with E-state index in [9.17, 15) is 4.79 Å². The fourth-order valence-corrected chi connectivity index (χ4v) is 3.92. The summed E-state index contributed by atoms with van der Waals surface area (Å²) in [7, 11) is 0. The number of benzene rings is 1. The zero-order valence-electron chi connectivity index (χ0n) is 16.0. The van der Waals surface area contributed by atoms with Gasteiger partial charge < -0.3 is 25.4 Å². The van der Waals surface area contributed by atoms with Gasteiger partial charge in [0.05, 0.1) is 11.4 Å². The minimum absolute atomic E-state index is 0.0958. The molecule has 1 aromatic heterocycles. The fraction of sp³-hybridized carbons (Fsp3) is 0.476. The third-order valence-corrected chi connectivity index (χ3v) is 5.68. The molecule has 1 amide bonds. The van der Waals surface area contributed by atoms with E-state index in [1.54, 1.807) is 12.3 Å². The van der Waals surface area contributed by atoms with Crippen molar-refractivity contribution in [1.82, 2.24) is 10.3 Å². The maximum Gasteiger partial charge on any atom is 0.272 e. The molecule has 0 saturated carbocycles. The molecule has 0 aliphatic carbocycles. The summed E-state index contributed by atoms with van der Waals surface area (Å²) in [5.41, 5.74) is 3.85. The molecule has 6 nitrogen and oxygen atoms in total. The van der Waals surface area contributed by atoms with Gasteiger partial charge in [-0.25, -0.2) is 0 Å². The van der Waals surface area contributed by atoms with Crippen molar-refractivity contribution in [3.63, 3.8) is 0 Å². The van der Waals surface area contributed by atoms with E-state index in [1.807, 2.05) is 6.07 Å². The number of nitrogens with zero attached hydrogens (tertiary/aromatic N) is 2. The van der Waals surface area contributed by atoms with Crippen LogP contribution >= 0.6 is 0 Å². The fourth-order valence-electron chi connectivity index (χ4n) is 3.92. The lowest BCUT2D eigenvalue weighted by Gasteiger charge is -2.35. The number of carbonyl (C=O) groups excluding carboxylic acids is 1. The molecule has 0 atom stereocenters. The zero-order chi connectivity index (χ0) is 18.6. The summed E-state index contributed by atoms with van der Waals surface area (Å²) in [6.45, 7) is 8.47. The van der Waals surface area contributed by atoms with Gasteiger partial charge in [-0.15, -0.1) is 0 Å². The monoisotopic (exact) mass is 367 g/mol. The largest absolute Gasteiger partial charge is 0.370 e. The molecule has 2 fully saturated rings. The van der Waals surface area contributed by atoms with E-state index in [2.05, 4.69) is 50.5 Å². The van der Waals surface area contributed by atoms with Crippen LogP contribution in [-0.2, 0) is 0 Å². The number of aromatic nitrogens is 1. The van der Waals surface area contributed by atoms with E-state index in [0.29, 0.717) is 5.69 Å². The molecule has 0 bridgehead atoms. The number of rotatable bonds is 4. The van der Waals surface area contributed by atoms with Gasteiger partial charge in [0, 0.05) is 51.2 Å². The van der Waals surface area contributed by atoms with Gasteiger partial charge >= 0.3 is 0 Å². The van der Waals surface area contributed by atoms with Crippen molar-refractivity contribution in [2.24, 2.45) is 5.92 Å². The Kier molecular flexibility index (Phi) is 5.34. The summed E-state index contributed by atoms with van der Waals surface area (Å²) in [5, 5.41) is 6.52. The summed E-state index contributed by atoms with van der Waals surface area (Å²) in [4.78, 5) is 20.4. The third-order valence-electron chi connectivity index (χ3n) is 5.68. The minimum Gasteiger partial charge on any atom is -0.370 e. The molecule has 144 valence electrons. The number of amides is 1. The first-order chi connectivity index (χ1) is 13.2. The molecule has 27 heavy (non-hydrogen) atoms. The van der Waals surface area contributed by atoms with Crippen molar-refractivity contribution in [1.29, 1.82) is 0 Å². The first-order valence-corrected chi connectivity index (χ1v) is 10.00. The van der Waals surface area contributed by atoms with Crippen LogP contribution in [0.25, 0.3) is 0 Å². The Balaban J connectivity index is 1.61. The highest BCUT2D eigenvalue weighted by Gasteiger charge is 2.21. The summed E-state index contributed by atoms with van der Waals surface area (Å²) in [6, 6.07) is 10.1. The first kappa shape index (κ1) is 17.9. The van der Waals surface area contributed by atoms with Crippen LogP contribution in [0.5, 0.6) is 0 Å². The van der Waals surface area contributed by atoms with Crippen molar-refractivity contribution >= 4 is 23.0 Å². The summed E-state index contributed by atoms with van der Waals surface area (Å²) >= 11 is 0. The lowest BCUT2D eigenvalue weighted by molar-refractivity contribution is 0.102. The smallest absolute Gasteiger partial charge is 0.272 e. The van der Waals surface area contributed by atoms with Gasteiger partial charge in [0.25, 0.3) is 5.91 Å². The Morgan fingerprint density at radius 3 is 2.56 bits per heavy atom. The van der Waals surface area contributed by atoms with Crippen molar-refractivity contribution < 1.29 is 4.79 Å². The van der Waals surface area contributed by atoms with E-state index < -0.39 is 0 Å². The normalized spacial score (nSPS) is 18.6. The van der Waals surface area contributed by atoms with Crippen molar-refractivity contribution in [2.45, 2.75) is 19.8 Å². The topological polar surface area (TPSA) is 63.4 Å². The Morgan fingerprint density at radius 1 is 1.07 bits per heavy atom. The molecule has 3 N–H and O–H groups in total. The number of anilines is 3. The van der Waals surface area contributed by atoms with Crippen LogP contribution in [0, 0.1) is 5.92 Å². The number of hydrogen-bond acceptors (Lipinski definition) is 4. The van der Waals surface area contributed by atoms with Gasteiger partial charge in [-0.05, 0) is 49.1 Å². The van der Waals surface area contributed by atoms with Crippen LogP contribution in [0.2, 0.25) is 0 Å². The Bertz CT molecular complexity index is 759. The van der Waals surface area contributed by atoms with E-state index in [4.69, 9.17) is 0 Å². The van der Waals surface area contributed by atoms with Crippen molar-refractivity contribution in [2.75, 3.05) is 54.4 Å². The maximum atomic E-state index is 12.6. The van der Waals surface area contributed by atoms with Gasteiger partial charge in [0.2, 0.25) is 0 Å².